The number of carbonyl (C=O) groups is 3. The fourth-order valence-corrected chi connectivity index (χ4v) is 3.79. The van der Waals surface area contributed by atoms with Crippen molar-refractivity contribution in [3.8, 4) is 5.69 Å². The van der Waals surface area contributed by atoms with E-state index in [1.165, 1.54) is 12.1 Å². The van der Waals surface area contributed by atoms with Gasteiger partial charge in [-0.15, -0.1) is 0 Å². The van der Waals surface area contributed by atoms with Crippen LogP contribution in [0.2, 0.25) is 0 Å². The van der Waals surface area contributed by atoms with E-state index < -0.39 is 17.8 Å². The molecule has 28 heavy (non-hydrogen) atoms. The lowest BCUT2D eigenvalue weighted by atomic mass is 10.2. The number of hydrogen-bond acceptors (Lipinski definition) is 4. The molecule has 1 fully saturated rings. The predicted octanol–water partition coefficient (Wildman–Crippen LogP) is 2.59. The molecule has 1 aromatic heterocycles. The van der Waals surface area contributed by atoms with E-state index in [2.05, 4.69) is 5.10 Å². The van der Waals surface area contributed by atoms with Gasteiger partial charge in [0, 0.05) is 12.2 Å². The van der Waals surface area contributed by atoms with Crippen LogP contribution in [-0.4, -0.2) is 44.0 Å². The van der Waals surface area contributed by atoms with Gasteiger partial charge in [-0.2, -0.15) is 5.10 Å². The highest BCUT2D eigenvalue weighted by atomic mass is 19.1. The van der Waals surface area contributed by atoms with Crippen LogP contribution in [0.25, 0.3) is 5.69 Å². The monoisotopic (exact) mass is 384 g/mol. The van der Waals surface area contributed by atoms with Crippen molar-refractivity contribution < 1.29 is 18.8 Å². The van der Waals surface area contributed by atoms with Crippen molar-refractivity contribution in [3.63, 3.8) is 0 Å². The Morgan fingerprint density at radius 2 is 1.75 bits per heavy atom. The molecular formula is C20H21FN4O3. The molecule has 8 heteroatoms. The molecular weight excluding hydrogens is 363 g/mol. The number of imide groups is 2. The van der Waals surface area contributed by atoms with Crippen molar-refractivity contribution >= 4 is 17.8 Å². The molecule has 4 amide bonds. The molecule has 0 atom stereocenters. The van der Waals surface area contributed by atoms with Crippen molar-refractivity contribution in [1.29, 1.82) is 0 Å². The summed E-state index contributed by atoms with van der Waals surface area (Å²) < 4.78 is 15.0. The summed E-state index contributed by atoms with van der Waals surface area (Å²) in [5.41, 5.74) is 3.36. The molecule has 0 bridgehead atoms. The zero-order chi connectivity index (χ0) is 19.8. The van der Waals surface area contributed by atoms with E-state index in [0.29, 0.717) is 12.1 Å². The van der Waals surface area contributed by atoms with Gasteiger partial charge in [-0.25, -0.2) is 18.8 Å². The number of aromatic nitrogens is 2. The van der Waals surface area contributed by atoms with Crippen molar-refractivity contribution in [1.82, 2.24) is 19.6 Å². The third kappa shape index (κ3) is 2.98. The Balaban J connectivity index is 1.63. The standard InChI is InChI=1S/C20H21FN4O3/c1-2-3-11-23-18(26)19(27)24(20(23)28)12-16-15-5-4-6-17(15)25(22-16)14-9-7-13(21)8-10-14/h7-10H,2-6,11-12H2,1H3. The van der Waals surface area contributed by atoms with Crippen LogP contribution in [0.15, 0.2) is 24.3 Å². The van der Waals surface area contributed by atoms with Gasteiger partial charge in [0.2, 0.25) is 0 Å². The van der Waals surface area contributed by atoms with Gasteiger partial charge in [0.05, 0.1) is 17.9 Å². The molecule has 1 aliphatic carbocycles. The van der Waals surface area contributed by atoms with Crippen LogP contribution in [-0.2, 0) is 29.0 Å². The Bertz CT molecular complexity index is 951. The van der Waals surface area contributed by atoms with Gasteiger partial charge in [0.25, 0.3) is 0 Å². The molecule has 7 nitrogen and oxygen atoms in total. The second kappa shape index (κ2) is 7.18. The van der Waals surface area contributed by atoms with Crippen molar-refractivity contribution in [2.45, 2.75) is 45.6 Å². The maximum Gasteiger partial charge on any atom is 0.334 e. The first-order valence-corrected chi connectivity index (χ1v) is 9.54. The molecule has 2 heterocycles. The Morgan fingerprint density at radius 1 is 1.04 bits per heavy atom. The van der Waals surface area contributed by atoms with Crippen LogP contribution in [0.1, 0.15) is 43.1 Å². The zero-order valence-electron chi connectivity index (χ0n) is 15.7. The van der Waals surface area contributed by atoms with Crippen molar-refractivity contribution in [2.24, 2.45) is 0 Å². The number of amides is 4. The largest absolute Gasteiger partial charge is 0.334 e. The highest BCUT2D eigenvalue weighted by Gasteiger charge is 2.44. The normalized spacial score (nSPS) is 16.4. The number of carbonyl (C=O) groups excluding carboxylic acids is 3. The highest BCUT2D eigenvalue weighted by molar-refractivity contribution is 6.44. The summed E-state index contributed by atoms with van der Waals surface area (Å²) in [5.74, 6) is -1.90. The van der Waals surface area contributed by atoms with Gasteiger partial charge in [0.1, 0.15) is 5.82 Å². The molecule has 146 valence electrons. The number of hydrogen-bond donors (Lipinski definition) is 0. The summed E-state index contributed by atoms with van der Waals surface area (Å²) in [7, 11) is 0. The van der Waals surface area contributed by atoms with E-state index in [4.69, 9.17) is 0 Å². The summed E-state index contributed by atoms with van der Waals surface area (Å²) >= 11 is 0. The maximum absolute atomic E-state index is 13.3. The van der Waals surface area contributed by atoms with Gasteiger partial charge < -0.3 is 0 Å². The second-order valence-corrected chi connectivity index (χ2v) is 7.10. The molecule has 0 radical (unpaired) electrons. The molecule has 2 aliphatic rings. The van der Waals surface area contributed by atoms with E-state index in [9.17, 15) is 18.8 Å². The van der Waals surface area contributed by atoms with Gasteiger partial charge in [0.15, 0.2) is 0 Å². The summed E-state index contributed by atoms with van der Waals surface area (Å²) in [6, 6.07) is 5.46. The lowest BCUT2D eigenvalue weighted by molar-refractivity contribution is -0.143. The summed E-state index contributed by atoms with van der Waals surface area (Å²) in [6.07, 6.45) is 4.05. The van der Waals surface area contributed by atoms with Gasteiger partial charge in [-0.3, -0.25) is 14.5 Å². The third-order valence-corrected chi connectivity index (χ3v) is 5.26. The molecule has 1 saturated heterocycles. The van der Waals surface area contributed by atoms with E-state index in [1.807, 2.05) is 6.92 Å². The summed E-state index contributed by atoms with van der Waals surface area (Å²) in [5, 5.41) is 4.59. The summed E-state index contributed by atoms with van der Waals surface area (Å²) in [6.45, 7) is 2.18. The quantitative estimate of drug-likeness (QED) is 0.567. The number of unbranched alkanes of at least 4 members (excludes halogenated alkanes) is 1. The first kappa shape index (κ1) is 18.3. The first-order chi connectivity index (χ1) is 13.5. The molecule has 1 aliphatic heterocycles. The maximum atomic E-state index is 13.3. The molecule has 0 N–H and O–H groups in total. The number of halogens is 1. The Morgan fingerprint density at radius 3 is 2.46 bits per heavy atom. The van der Waals surface area contributed by atoms with Crippen LogP contribution in [0.5, 0.6) is 0 Å². The minimum Gasteiger partial charge on any atom is -0.263 e. The average Bonchev–Trinajstić information content (AvgIpc) is 3.34. The molecule has 0 saturated carbocycles. The Hall–Kier alpha value is -3.03. The van der Waals surface area contributed by atoms with E-state index >= 15 is 0 Å². The van der Waals surface area contributed by atoms with E-state index in [0.717, 1.165) is 52.4 Å². The Kier molecular flexibility index (Phi) is 4.70. The van der Waals surface area contributed by atoms with Crippen molar-refractivity contribution in [3.05, 3.63) is 47.0 Å². The molecule has 0 unspecified atom stereocenters. The van der Waals surface area contributed by atoms with Gasteiger partial charge in [-0.05, 0) is 55.5 Å². The van der Waals surface area contributed by atoms with Gasteiger partial charge >= 0.3 is 17.8 Å². The molecule has 4 rings (SSSR count). The van der Waals surface area contributed by atoms with E-state index in [-0.39, 0.29) is 18.9 Å². The molecule has 2 aromatic rings. The third-order valence-electron chi connectivity index (χ3n) is 5.26. The lowest BCUT2D eigenvalue weighted by Crippen LogP contribution is -2.34. The SMILES string of the molecule is CCCCN1C(=O)C(=O)N(Cc2nn(-c3ccc(F)cc3)c3c2CCC3)C1=O. The van der Waals surface area contributed by atoms with Crippen LogP contribution in [0.3, 0.4) is 0 Å². The zero-order valence-corrected chi connectivity index (χ0v) is 15.7. The fraction of sp³-hybridized carbons (Fsp3) is 0.400. The van der Waals surface area contributed by atoms with Crippen molar-refractivity contribution in [2.75, 3.05) is 6.54 Å². The average molecular weight is 384 g/mol. The predicted molar refractivity (Wildman–Crippen MR) is 98.1 cm³/mol. The number of rotatable bonds is 6. The fourth-order valence-electron chi connectivity index (χ4n) is 3.79. The minimum absolute atomic E-state index is 0.0252. The van der Waals surface area contributed by atoms with E-state index in [1.54, 1.807) is 16.8 Å². The number of benzene rings is 1. The smallest absolute Gasteiger partial charge is 0.263 e. The molecule has 0 spiro atoms. The number of nitrogens with zero attached hydrogens (tertiary/aromatic N) is 4. The highest BCUT2D eigenvalue weighted by Crippen LogP contribution is 2.29. The van der Waals surface area contributed by atoms with Crippen LogP contribution in [0.4, 0.5) is 9.18 Å². The van der Waals surface area contributed by atoms with Crippen LogP contribution >= 0.6 is 0 Å². The lowest BCUT2D eigenvalue weighted by Gasteiger charge is -2.14. The minimum atomic E-state index is -0.802. The number of fused-ring (bicyclic) bond motifs is 1. The van der Waals surface area contributed by atoms with Crippen LogP contribution in [0, 0.1) is 5.82 Å². The summed E-state index contributed by atoms with van der Waals surface area (Å²) in [4.78, 5) is 39.1. The topological polar surface area (TPSA) is 75.5 Å². The first-order valence-electron chi connectivity index (χ1n) is 9.54. The van der Waals surface area contributed by atoms with Gasteiger partial charge in [-0.1, -0.05) is 13.3 Å². The number of urea groups is 1. The Labute approximate surface area is 161 Å². The van der Waals surface area contributed by atoms with Crippen LogP contribution < -0.4 is 0 Å². The second-order valence-electron chi connectivity index (χ2n) is 7.10. The molecule has 1 aromatic carbocycles.